The first-order chi connectivity index (χ1) is 13.8. The van der Waals surface area contributed by atoms with Crippen LogP contribution < -0.4 is 4.74 Å². The van der Waals surface area contributed by atoms with Crippen molar-refractivity contribution in [3.8, 4) is 5.75 Å². The smallest absolute Gasteiger partial charge is 0.426 e. The average molecular weight is 412 g/mol. The van der Waals surface area contributed by atoms with E-state index in [1.807, 2.05) is 0 Å². The van der Waals surface area contributed by atoms with Crippen LogP contribution in [0.3, 0.4) is 0 Å². The van der Waals surface area contributed by atoms with E-state index in [2.05, 4.69) is 11.7 Å². The molecule has 0 N–H and O–H groups in total. The van der Waals surface area contributed by atoms with E-state index in [9.17, 15) is 22.0 Å². The number of halogens is 5. The Morgan fingerprint density at radius 1 is 0.897 bits per heavy atom. The van der Waals surface area contributed by atoms with Crippen molar-refractivity contribution in [3.63, 3.8) is 0 Å². The maximum absolute atomic E-state index is 14.2. The summed E-state index contributed by atoms with van der Waals surface area (Å²) in [6.07, 6.45) is 4.26. The largest absolute Gasteiger partial charge is 0.429 e. The summed E-state index contributed by atoms with van der Waals surface area (Å²) >= 11 is 0. The molecule has 0 aliphatic heterocycles. The summed E-state index contributed by atoms with van der Waals surface area (Å²) in [6.45, 7) is 2.24. The fourth-order valence-electron chi connectivity index (χ4n) is 3.95. The molecule has 2 aromatic rings. The van der Waals surface area contributed by atoms with Gasteiger partial charge in [-0.05, 0) is 54.5 Å². The molecule has 0 bridgehead atoms. The number of alkyl halides is 2. The van der Waals surface area contributed by atoms with E-state index >= 15 is 0 Å². The van der Waals surface area contributed by atoms with Crippen molar-refractivity contribution in [2.75, 3.05) is 0 Å². The molecule has 0 heterocycles. The maximum atomic E-state index is 14.2. The third-order valence-corrected chi connectivity index (χ3v) is 5.87. The van der Waals surface area contributed by atoms with Crippen LogP contribution in [0.1, 0.15) is 56.6 Å². The lowest BCUT2D eigenvalue weighted by molar-refractivity contribution is -0.185. The van der Waals surface area contributed by atoms with Gasteiger partial charge in [0.2, 0.25) is 0 Å². The number of benzene rings is 2. The van der Waals surface area contributed by atoms with Crippen LogP contribution in [0.25, 0.3) is 0 Å². The minimum atomic E-state index is -3.99. The zero-order chi connectivity index (χ0) is 21.0. The number of hydrogen-bond acceptors (Lipinski definition) is 1. The van der Waals surface area contributed by atoms with Crippen molar-refractivity contribution in [2.45, 2.75) is 58.0 Å². The molecule has 1 saturated carbocycles. The standard InChI is InChI=1S/C23H25F5O/c1-2-15-3-5-16(6-4-15)7-8-17-9-11-19(12-10-17)29-23(27,28)18-13-20(24)22(26)21(25)14-18/h9-16H,2-8H2,1H3. The molecule has 1 aliphatic rings. The van der Waals surface area contributed by atoms with Gasteiger partial charge in [0.1, 0.15) is 5.75 Å². The van der Waals surface area contributed by atoms with E-state index < -0.39 is 29.1 Å². The molecule has 3 rings (SSSR count). The van der Waals surface area contributed by atoms with Crippen molar-refractivity contribution in [1.29, 1.82) is 0 Å². The molecule has 0 saturated heterocycles. The highest BCUT2D eigenvalue weighted by Gasteiger charge is 2.36. The van der Waals surface area contributed by atoms with E-state index in [0.717, 1.165) is 24.3 Å². The molecule has 0 amide bonds. The van der Waals surface area contributed by atoms with Crippen molar-refractivity contribution in [2.24, 2.45) is 11.8 Å². The Morgan fingerprint density at radius 2 is 1.45 bits per heavy atom. The van der Waals surface area contributed by atoms with Gasteiger partial charge in [-0.15, -0.1) is 0 Å². The highest BCUT2D eigenvalue weighted by Crippen LogP contribution is 2.35. The maximum Gasteiger partial charge on any atom is 0.426 e. The SMILES string of the molecule is CCC1CCC(CCc2ccc(OC(F)(F)c3cc(F)c(F)c(F)c3)cc2)CC1. The Hall–Kier alpha value is -2.11. The van der Waals surface area contributed by atoms with Crippen LogP contribution in [0, 0.1) is 29.3 Å². The van der Waals surface area contributed by atoms with Gasteiger partial charge in [0, 0.05) is 0 Å². The van der Waals surface area contributed by atoms with Crippen molar-refractivity contribution in [1.82, 2.24) is 0 Å². The van der Waals surface area contributed by atoms with E-state index in [0.29, 0.717) is 5.92 Å². The summed E-state index contributed by atoms with van der Waals surface area (Å²) in [5.74, 6) is -3.74. The summed E-state index contributed by atoms with van der Waals surface area (Å²) < 4.78 is 72.5. The van der Waals surface area contributed by atoms with Gasteiger partial charge in [0.25, 0.3) is 0 Å². The molecule has 2 aromatic carbocycles. The van der Waals surface area contributed by atoms with Gasteiger partial charge >= 0.3 is 6.11 Å². The van der Waals surface area contributed by atoms with Crippen LogP contribution >= 0.6 is 0 Å². The monoisotopic (exact) mass is 412 g/mol. The van der Waals surface area contributed by atoms with Crippen LogP contribution in [-0.4, -0.2) is 0 Å². The first-order valence-corrected chi connectivity index (χ1v) is 10.1. The molecule has 158 valence electrons. The fourth-order valence-corrected chi connectivity index (χ4v) is 3.95. The summed E-state index contributed by atoms with van der Waals surface area (Å²) in [5.41, 5.74) is -0.0576. The normalized spacial score (nSPS) is 19.9. The predicted octanol–water partition coefficient (Wildman–Crippen LogP) is 7.38. The van der Waals surface area contributed by atoms with E-state index in [1.165, 1.54) is 44.2 Å². The van der Waals surface area contributed by atoms with E-state index in [1.54, 1.807) is 12.1 Å². The summed E-state index contributed by atoms with van der Waals surface area (Å²) in [5, 5.41) is 0. The number of hydrogen-bond donors (Lipinski definition) is 0. The van der Waals surface area contributed by atoms with Crippen molar-refractivity contribution in [3.05, 3.63) is 65.0 Å². The quantitative estimate of drug-likeness (QED) is 0.340. The fraction of sp³-hybridized carbons (Fsp3) is 0.478. The second kappa shape index (κ2) is 9.14. The molecular formula is C23H25F5O. The average Bonchev–Trinajstić information content (AvgIpc) is 2.71. The van der Waals surface area contributed by atoms with Crippen LogP contribution in [0.4, 0.5) is 22.0 Å². The number of rotatable bonds is 7. The molecule has 0 spiro atoms. The summed E-state index contributed by atoms with van der Waals surface area (Å²) in [6, 6.07) is 6.73. The van der Waals surface area contributed by atoms with Crippen molar-refractivity contribution < 1.29 is 26.7 Å². The van der Waals surface area contributed by atoms with Gasteiger partial charge in [-0.3, -0.25) is 0 Å². The molecule has 0 aromatic heterocycles. The van der Waals surface area contributed by atoms with Gasteiger partial charge in [-0.25, -0.2) is 13.2 Å². The van der Waals surface area contributed by atoms with Crippen LogP contribution in [0.2, 0.25) is 0 Å². The molecular weight excluding hydrogens is 387 g/mol. The van der Waals surface area contributed by atoms with E-state index in [4.69, 9.17) is 0 Å². The Balaban J connectivity index is 1.57. The second-order valence-corrected chi connectivity index (χ2v) is 7.85. The first-order valence-electron chi connectivity index (χ1n) is 10.1. The third-order valence-electron chi connectivity index (χ3n) is 5.87. The van der Waals surface area contributed by atoms with Gasteiger partial charge in [-0.1, -0.05) is 51.2 Å². The molecule has 1 fully saturated rings. The van der Waals surface area contributed by atoms with Crippen LogP contribution in [0.15, 0.2) is 36.4 Å². The molecule has 1 aliphatic carbocycles. The Bertz CT molecular complexity index is 788. The lowest BCUT2D eigenvalue weighted by Gasteiger charge is -2.27. The molecule has 6 heteroatoms. The number of aryl methyl sites for hydroxylation is 1. The highest BCUT2D eigenvalue weighted by atomic mass is 19.3. The van der Waals surface area contributed by atoms with Gasteiger partial charge in [-0.2, -0.15) is 8.78 Å². The Morgan fingerprint density at radius 3 is 2.00 bits per heavy atom. The molecule has 0 atom stereocenters. The lowest BCUT2D eigenvalue weighted by Crippen LogP contribution is -2.22. The van der Waals surface area contributed by atoms with Gasteiger partial charge < -0.3 is 4.74 Å². The van der Waals surface area contributed by atoms with Crippen LogP contribution in [-0.2, 0) is 12.5 Å². The van der Waals surface area contributed by atoms with Crippen molar-refractivity contribution >= 4 is 0 Å². The predicted molar refractivity (Wildman–Crippen MR) is 101 cm³/mol. The zero-order valence-corrected chi connectivity index (χ0v) is 16.4. The minimum absolute atomic E-state index is 0.132. The molecule has 0 unspecified atom stereocenters. The van der Waals surface area contributed by atoms with Gasteiger partial charge in [0.15, 0.2) is 17.5 Å². The highest BCUT2D eigenvalue weighted by molar-refractivity contribution is 5.29. The Labute approximate surface area is 167 Å². The zero-order valence-electron chi connectivity index (χ0n) is 16.4. The van der Waals surface area contributed by atoms with Gasteiger partial charge in [0.05, 0.1) is 5.56 Å². The minimum Gasteiger partial charge on any atom is -0.429 e. The lowest BCUT2D eigenvalue weighted by atomic mass is 9.78. The van der Waals surface area contributed by atoms with E-state index in [-0.39, 0.29) is 17.9 Å². The molecule has 0 radical (unpaired) electrons. The molecule has 29 heavy (non-hydrogen) atoms. The van der Waals surface area contributed by atoms with Crippen LogP contribution in [0.5, 0.6) is 5.75 Å². The topological polar surface area (TPSA) is 9.23 Å². The third kappa shape index (κ3) is 5.49. The summed E-state index contributed by atoms with van der Waals surface area (Å²) in [7, 11) is 0. The Kier molecular flexibility index (Phi) is 6.81. The number of ether oxygens (including phenoxy) is 1. The second-order valence-electron chi connectivity index (χ2n) is 7.85. The summed E-state index contributed by atoms with van der Waals surface area (Å²) in [4.78, 5) is 0. The molecule has 1 nitrogen and oxygen atoms in total. The first kappa shape index (κ1) is 21.6.